The molecule has 1 aliphatic rings. The number of hydrogen-bond donors (Lipinski definition) is 1. The first-order valence-corrected chi connectivity index (χ1v) is 7.54. The van der Waals surface area contributed by atoms with Gasteiger partial charge in [-0.2, -0.15) is 5.10 Å². The van der Waals surface area contributed by atoms with Gasteiger partial charge < -0.3 is 9.26 Å². The second kappa shape index (κ2) is 6.88. The lowest BCUT2D eigenvalue weighted by Gasteiger charge is -2.35. The van der Waals surface area contributed by atoms with Crippen LogP contribution >= 0.6 is 0 Å². The first-order chi connectivity index (χ1) is 11.1. The van der Waals surface area contributed by atoms with Gasteiger partial charge in [0.1, 0.15) is 12.7 Å². The summed E-state index contributed by atoms with van der Waals surface area (Å²) in [6.45, 7) is 6.24. The molecule has 0 radical (unpaired) electrons. The maximum Gasteiger partial charge on any atom is 0.243 e. The lowest BCUT2D eigenvalue weighted by atomic mass is 10.2. The van der Waals surface area contributed by atoms with E-state index in [1.807, 2.05) is 6.92 Å². The van der Waals surface area contributed by atoms with Gasteiger partial charge in [-0.05, 0) is 13.8 Å². The van der Waals surface area contributed by atoms with Crippen LogP contribution in [0.15, 0.2) is 23.2 Å². The van der Waals surface area contributed by atoms with Crippen LogP contribution in [0.1, 0.15) is 12.6 Å². The first-order valence-electron chi connectivity index (χ1n) is 7.54. The molecule has 3 rings (SSSR count). The van der Waals surface area contributed by atoms with E-state index in [0.717, 1.165) is 5.69 Å². The average Bonchev–Trinajstić information content (AvgIpc) is 3.18. The van der Waals surface area contributed by atoms with E-state index in [0.29, 0.717) is 32.1 Å². The van der Waals surface area contributed by atoms with Crippen molar-refractivity contribution >= 4 is 11.8 Å². The summed E-state index contributed by atoms with van der Waals surface area (Å²) in [6, 6.07) is 1.40. The number of carbonyl (C=O) groups excluding carboxylic acids is 1. The molecule has 1 saturated heterocycles. The number of aromatic nitrogens is 4. The van der Waals surface area contributed by atoms with Gasteiger partial charge in [0.25, 0.3) is 0 Å². The highest BCUT2D eigenvalue weighted by molar-refractivity contribution is 5.93. The van der Waals surface area contributed by atoms with Gasteiger partial charge in [-0.3, -0.25) is 19.7 Å². The van der Waals surface area contributed by atoms with Gasteiger partial charge in [0, 0.05) is 19.2 Å². The number of hydrogen-bond acceptors (Lipinski definition) is 7. The molecule has 3 heterocycles. The molecule has 1 fully saturated rings. The predicted octanol–water partition coefficient (Wildman–Crippen LogP) is 0.303. The van der Waals surface area contributed by atoms with Crippen LogP contribution in [0.5, 0.6) is 0 Å². The first kappa shape index (κ1) is 15.6. The normalized spacial score (nSPS) is 20.3. The quantitative estimate of drug-likeness (QED) is 0.846. The van der Waals surface area contributed by atoms with Crippen LogP contribution in [0, 0.1) is 6.92 Å². The summed E-state index contributed by atoms with van der Waals surface area (Å²) in [7, 11) is 0. The molecule has 124 valence electrons. The molecule has 0 aliphatic carbocycles. The van der Waals surface area contributed by atoms with E-state index < -0.39 is 0 Å². The lowest BCUT2D eigenvalue weighted by molar-refractivity contribution is -0.124. The predicted molar refractivity (Wildman–Crippen MR) is 80.7 cm³/mol. The largest absolute Gasteiger partial charge is 0.374 e. The molecule has 0 spiro atoms. The minimum absolute atomic E-state index is 0.0202. The number of aryl methyl sites for hydroxylation is 1. The van der Waals surface area contributed by atoms with Crippen molar-refractivity contribution in [2.24, 2.45) is 0 Å². The van der Waals surface area contributed by atoms with Gasteiger partial charge in [0.05, 0.1) is 31.0 Å². The third kappa shape index (κ3) is 3.93. The summed E-state index contributed by atoms with van der Waals surface area (Å²) in [5.74, 6) is 0.245. The zero-order chi connectivity index (χ0) is 16.2. The Morgan fingerprint density at radius 2 is 2.43 bits per heavy atom. The number of ether oxygens (including phenoxy) is 1. The highest BCUT2D eigenvalue weighted by atomic mass is 16.5. The molecule has 1 amide bonds. The molecular formula is C14H20N6O3. The monoisotopic (exact) mass is 320 g/mol. The molecule has 23 heavy (non-hydrogen) atoms. The van der Waals surface area contributed by atoms with Crippen molar-refractivity contribution in [1.82, 2.24) is 24.8 Å². The maximum atomic E-state index is 12.3. The smallest absolute Gasteiger partial charge is 0.243 e. The molecule has 2 aromatic rings. The number of amides is 1. The molecule has 0 aromatic carbocycles. The zero-order valence-electron chi connectivity index (χ0n) is 13.2. The van der Waals surface area contributed by atoms with Crippen LogP contribution in [0.4, 0.5) is 5.88 Å². The standard InChI is InChI=1S/C14H20N6O3/c1-10-5-13(23-18-10)17-14(21)11(2)19-3-4-22-12(6-19)7-20-9-15-8-16-20/h5,8-9,11-12H,3-4,6-7H2,1-2H3,(H,17,21)/t11-,12+/m1/s1. The van der Waals surface area contributed by atoms with Crippen molar-refractivity contribution in [1.29, 1.82) is 0 Å². The minimum atomic E-state index is -0.289. The van der Waals surface area contributed by atoms with Crippen LogP contribution in [-0.4, -0.2) is 62.6 Å². The number of nitrogens with zero attached hydrogens (tertiary/aromatic N) is 5. The van der Waals surface area contributed by atoms with Crippen LogP contribution < -0.4 is 5.32 Å². The highest BCUT2D eigenvalue weighted by Gasteiger charge is 2.28. The van der Waals surface area contributed by atoms with Crippen molar-refractivity contribution < 1.29 is 14.1 Å². The van der Waals surface area contributed by atoms with E-state index in [9.17, 15) is 4.79 Å². The van der Waals surface area contributed by atoms with Crippen molar-refractivity contribution in [3.05, 3.63) is 24.4 Å². The highest BCUT2D eigenvalue weighted by Crippen LogP contribution is 2.14. The van der Waals surface area contributed by atoms with Crippen molar-refractivity contribution in [3.8, 4) is 0 Å². The summed E-state index contributed by atoms with van der Waals surface area (Å²) >= 11 is 0. The topological polar surface area (TPSA) is 98.3 Å². The van der Waals surface area contributed by atoms with Crippen LogP contribution in [0.25, 0.3) is 0 Å². The van der Waals surface area contributed by atoms with Gasteiger partial charge in [-0.15, -0.1) is 0 Å². The second-order valence-electron chi connectivity index (χ2n) is 5.60. The Bertz CT molecular complexity index is 641. The number of carbonyl (C=O) groups is 1. The summed E-state index contributed by atoms with van der Waals surface area (Å²) in [6.07, 6.45) is 3.13. The zero-order valence-corrected chi connectivity index (χ0v) is 13.2. The van der Waals surface area contributed by atoms with Crippen molar-refractivity contribution in [3.63, 3.8) is 0 Å². The van der Waals surface area contributed by atoms with Crippen LogP contribution in [0.2, 0.25) is 0 Å². The molecule has 0 unspecified atom stereocenters. The molecule has 9 nitrogen and oxygen atoms in total. The average molecular weight is 320 g/mol. The molecular weight excluding hydrogens is 300 g/mol. The van der Waals surface area contributed by atoms with E-state index >= 15 is 0 Å². The molecule has 0 saturated carbocycles. The summed E-state index contributed by atoms with van der Waals surface area (Å²) in [4.78, 5) is 18.3. The van der Waals surface area contributed by atoms with Gasteiger partial charge in [0.2, 0.25) is 11.8 Å². The van der Waals surface area contributed by atoms with Crippen LogP contribution in [0.3, 0.4) is 0 Å². The Balaban J connectivity index is 1.55. The Hall–Kier alpha value is -2.26. The summed E-state index contributed by atoms with van der Waals surface area (Å²) in [5, 5.41) is 10.6. The number of anilines is 1. The van der Waals surface area contributed by atoms with E-state index in [1.54, 1.807) is 24.0 Å². The Morgan fingerprint density at radius 3 is 3.13 bits per heavy atom. The van der Waals surface area contributed by atoms with Crippen molar-refractivity contribution in [2.75, 3.05) is 25.0 Å². The van der Waals surface area contributed by atoms with Gasteiger partial charge >= 0.3 is 0 Å². The van der Waals surface area contributed by atoms with E-state index in [-0.39, 0.29) is 18.1 Å². The van der Waals surface area contributed by atoms with E-state index in [4.69, 9.17) is 9.26 Å². The summed E-state index contributed by atoms with van der Waals surface area (Å²) in [5.41, 5.74) is 0.729. The van der Waals surface area contributed by atoms with Crippen LogP contribution in [-0.2, 0) is 16.1 Å². The Morgan fingerprint density at radius 1 is 1.57 bits per heavy atom. The van der Waals surface area contributed by atoms with E-state index in [1.165, 1.54) is 6.33 Å². The second-order valence-corrected chi connectivity index (χ2v) is 5.60. The fraction of sp³-hybridized carbons (Fsp3) is 0.571. The number of morpholine rings is 1. The minimum Gasteiger partial charge on any atom is -0.374 e. The van der Waals surface area contributed by atoms with Gasteiger partial charge in [0.15, 0.2) is 0 Å². The fourth-order valence-electron chi connectivity index (χ4n) is 2.55. The molecule has 9 heteroatoms. The number of nitrogens with one attached hydrogen (secondary N) is 1. The molecule has 0 bridgehead atoms. The van der Waals surface area contributed by atoms with E-state index in [2.05, 4.69) is 25.5 Å². The Labute approximate surface area is 133 Å². The number of rotatable bonds is 5. The third-order valence-electron chi connectivity index (χ3n) is 3.83. The lowest BCUT2D eigenvalue weighted by Crippen LogP contribution is -2.51. The molecule has 1 aliphatic heterocycles. The maximum absolute atomic E-state index is 12.3. The third-order valence-corrected chi connectivity index (χ3v) is 3.83. The van der Waals surface area contributed by atoms with Gasteiger partial charge in [-0.25, -0.2) is 4.98 Å². The SMILES string of the molecule is Cc1cc(NC(=O)[C@@H](C)N2CCO[C@H](Cn3cncn3)C2)on1. The van der Waals surface area contributed by atoms with Crippen molar-refractivity contribution in [2.45, 2.75) is 32.5 Å². The molecule has 2 atom stereocenters. The summed E-state index contributed by atoms with van der Waals surface area (Å²) < 4.78 is 12.5. The molecule has 2 aromatic heterocycles. The van der Waals surface area contributed by atoms with Gasteiger partial charge in [-0.1, -0.05) is 5.16 Å². The Kier molecular flexibility index (Phi) is 4.68. The fourth-order valence-corrected chi connectivity index (χ4v) is 2.55. The molecule has 1 N–H and O–H groups in total.